The summed E-state index contributed by atoms with van der Waals surface area (Å²) in [6.45, 7) is 1.84. The van der Waals surface area contributed by atoms with Gasteiger partial charge in [0.15, 0.2) is 6.10 Å². The summed E-state index contributed by atoms with van der Waals surface area (Å²) in [4.78, 5) is 36.1. The van der Waals surface area contributed by atoms with Crippen LogP contribution < -0.4 is 0 Å². The SMILES string of the molecule is COC(CN1C(=O)C2CC(C)CC2C1=O)C(=O)O. The molecule has 1 saturated heterocycles. The Kier molecular flexibility index (Phi) is 3.38. The Morgan fingerprint density at radius 2 is 1.89 bits per heavy atom. The minimum Gasteiger partial charge on any atom is -0.479 e. The average molecular weight is 255 g/mol. The van der Waals surface area contributed by atoms with Crippen LogP contribution in [0.3, 0.4) is 0 Å². The normalized spacial score (nSPS) is 32.8. The summed E-state index contributed by atoms with van der Waals surface area (Å²) in [6, 6.07) is 0. The number of carboxylic acids is 1. The molecule has 1 heterocycles. The third-order valence-electron chi connectivity index (χ3n) is 3.87. The molecule has 2 rings (SSSR count). The molecule has 3 unspecified atom stereocenters. The summed E-state index contributed by atoms with van der Waals surface area (Å²) in [5.41, 5.74) is 0. The van der Waals surface area contributed by atoms with Gasteiger partial charge in [-0.3, -0.25) is 14.5 Å². The number of fused-ring (bicyclic) bond motifs is 1. The zero-order valence-corrected chi connectivity index (χ0v) is 10.5. The van der Waals surface area contributed by atoms with Gasteiger partial charge >= 0.3 is 5.97 Å². The van der Waals surface area contributed by atoms with E-state index in [-0.39, 0.29) is 30.2 Å². The first-order chi connectivity index (χ1) is 8.45. The Bertz CT molecular complexity index is 370. The molecule has 0 aromatic carbocycles. The number of carbonyl (C=O) groups excluding carboxylic acids is 2. The van der Waals surface area contributed by atoms with Crippen LogP contribution in [0.5, 0.6) is 0 Å². The molecule has 100 valence electrons. The summed E-state index contributed by atoms with van der Waals surface area (Å²) in [5, 5.41) is 8.88. The lowest BCUT2D eigenvalue weighted by atomic mass is 10.00. The summed E-state index contributed by atoms with van der Waals surface area (Å²) < 4.78 is 4.77. The minimum absolute atomic E-state index is 0.190. The summed E-state index contributed by atoms with van der Waals surface area (Å²) in [7, 11) is 1.26. The standard InChI is InChI=1S/C12H17NO5/c1-6-3-7-8(4-6)11(15)13(10(7)14)5-9(18-2)12(16)17/h6-9H,3-5H2,1-2H3,(H,16,17). The monoisotopic (exact) mass is 255 g/mol. The fourth-order valence-corrected chi connectivity index (χ4v) is 2.95. The van der Waals surface area contributed by atoms with E-state index in [1.54, 1.807) is 0 Å². The van der Waals surface area contributed by atoms with Crippen molar-refractivity contribution in [2.45, 2.75) is 25.9 Å². The van der Waals surface area contributed by atoms with Gasteiger partial charge in [-0.25, -0.2) is 4.79 Å². The number of carbonyl (C=O) groups is 3. The first-order valence-corrected chi connectivity index (χ1v) is 6.06. The smallest absolute Gasteiger partial charge is 0.334 e. The van der Waals surface area contributed by atoms with E-state index in [9.17, 15) is 14.4 Å². The fraction of sp³-hybridized carbons (Fsp3) is 0.750. The van der Waals surface area contributed by atoms with E-state index in [4.69, 9.17) is 9.84 Å². The Labute approximate surface area is 105 Å². The lowest BCUT2D eigenvalue weighted by Crippen LogP contribution is -2.42. The number of amides is 2. The third kappa shape index (κ3) is 2.01. The predicted octanol–water partition coefficient (Wildman–Crippen LogP) is 0.117. The Morgan fingerprint density at radius 3 is 2.28 bits per heavy atom. The number of ether oxygens (including phenoxy) is 1. The zero-order chi connectivity index (χ0) is 13.4. The van der Waals surface area contributed by atoms with E-state index in [1.807, 2.05) is 6.92 Å². The van der Waals surface area contributed by atoms with Crippen molar-refractivity contribution in [3.05, 3.63) is 0 Å². The molecule has 2 aliphatic rings. The first kappa shape index (κ1) is 13.0. The highest BCUT2D eigenvalue weighted by atomic mass is 16.5. The maximum absolute atomic E-state index is 12.1. The van der Waals surface area contributed by atoms with E-state index < -0.39 is 12.1 Å². The molecule has 2 amide bonds. The number of likely N-dealkylation sites (tertiary alicyclic amines) is 1. The van der Waals surface area contributed by atoms with Crippen LogP contribution in [-0.4, -0.2) is 47.5 Å². The van der Waals surface area contributed by atoms with Gasteiger partial charge in [0.25, 0.3) is 0 Å². The Balaban J connectivity index is 2.10. The highest BCUT2D eigenvalue weighted by Gasteiger charge is 2.52. The Morgan fingerprint density at radius 1 is 1.39 bits per heavy atom. The third-order valence-corrected chi connectivity index (χ3v) is 3.87. The quantitative estimate of drug-likeness (QED) is 0.721. The molecule has 0 aromatic heterocycles. The largest absolute Gasteiger partial charge is 0.479 e. The molecule has 0 radical (unpaired) electrons. The van der Waals surface area contributed by atoms with Crippen LogP contribution in [0, 0.1) is 17.8 Å². The second-order valence-corrected chi connectivity index (χ2v) is 5.14. The molecule has 1 N–H and O–H groups in total. The van der Waals surface area contributed by atoms with Crippen LogP contribution in [0.25, 0.3) is 0 Å². The number of imide groups is 1. The summed E-state index contributed by atoms with van der Waals surface area (Å²) in [6.07, 6.45) is 0.293. The van der Waals surface area contributed by atoms with Gasteiger partial charge in [-0.1, -0.05) is 6.92 Å². The fourth-order valence-electron chi connectivity index (χ4n) is 2.95. The van der Waals surface area contributed by atoms with Crippen LogP contribution in [0.1, 0.15) is 19.8 Å². The molecule has 1 aliphatic heterocycles. The molecule has 1 aliphatic carbocycles. The highest BCUT2D eigenvalue weighted by molar-refractivity contribution is 6.05. The average Bonchev–Trinajstić information content (AvgIpc) is 2.78. The van der Waals surface area contributed by atoms with Crippen molar-refractivity contribution in [1.82, 2.24) is 4.90 Å². The van der Waals surface area contributed by atoms with Crippen molar-refractivity contribution in [3.63, 3.8) is 0 Å². The molecule has 0 aromatic rings. The molecule has 18 heavy (non-hydrogen) atoms. The van der Waals surface area contributed by atoms with Crippen molar-refractivity contribution in [3.8, 4) is 0 Å². The lowest BCUT2D eigenvalue weighted by molar-refractivity contribution is -0.152. The molecular formula is C12H17NO5. The summed E-state index contributed by atoms with van der Waals surface area (Å²) in [5.74, 6) is -1.76. The van der Waals surface area contributed by atoms with E-state index in [0.29, 0.717) is 5.92 Å². The van der Waals surface area contributed by atoms with Gasteiger partial charge in [0.2, 0.25) is 11.8 Å². The van der Waals surface area contributed by atoms with Crippen molar-refractivity contribution >= 4 is 17.8 Å². The van der Waals surface area contributed by atoms with Gasteiger partial charge in [0, 0.05) is 7.11 Å². The highest BCUT2D eigenvalue weighted by Crippen LogP contribution is 2.42. The van der Waals surface area contributed by atoms with Crippen LogP contribution in [0.2, 0.25) is 0 Å². The Hall–Kier alpha value is -1.43. The minimum atomic E-state index is -1.16. The maximum Gasteiger partial charge on any atom is 0.334 e. The maximum atomic E-state index is 12.1. The number of hydrogen-bond acceptors (Lipinski definition) is 4. The molecular weight excluding hydrogens is 238 g/mol. The van der Waals surface area contributed by atoms with Crippen molar-refractivity contribution in [2.75, 3.05) is 13.7 Å². The molecule has 0 bridgehead atoms. The van der Waals surface area contributed by atoms with Gasteiger partial charge < -0.3 is 9.84 Å². The van der Waals surface area contributed by atoms with E-state index in [0.717, 1.165) is 17.7 Å². The first-order valence-electron chi connectivity index (χ1n) is 6.06. The summed E-state index contributed by atoms with van der Waals surface area (Å²) >= 11 is 0. The van der Waals surface area contributed by atoms with Gasteiger partial charge in [-0.2, -0.15) is 0 Å². The molecule has 6 heteroatoms. The number of nitrogens with zero attached hydrogens (tertiary/aromatic N) is 1. The number of methoxy groups -OCH3 is 1. The molecule has 2 fully saturated rings. The number of aliphatic carboxylic acids is 1. The molecule has 3 atom stereocenters. The predicted molar refractivity (Wildman–Crippen MR) is 60.5 cm³/mol. The molecule has 6 nitrogen and oxygen atoms in total. The number of carboxylic acid groups (broad SMARTS) is 1. The van der Waals surface area contributed by atoms with Crippen molar-refractivity contribution < 1.29 is 24.2 Å². The lowest BCUT2D eigenvalue weighted by Gasteiger charge is -2.20. The topological polar surface area (TPSA) is 83.9 Å². The van der Waals surface area contributed by atoms with Gasteiger partial charge in [0.1, 0.15) is 0 Å². The second-order valence-electron chi connectivity index (χ2n) is 5.14. The van der Waals surface area contributed by atoms with Gasteiger partial charge in [-0.05, 0) is 18.8 Å². The van der Waals surface area contributed by atoms with Gasteiger partial charge in [0.05, 0.1) is 18.4 Å². The van der Waals surface area contributed by atoms with Crippen LogP contribution in [-0.2, 0) is 19.1 Å². The van der Waals surface area contributed by atoms with E-state index in [2.05, 4.69) is 0 Å². The van der Waals surface area contributed by atoms with Crippen LogP contribution >= 0.6 is 0 Å². The van der Waals surface area contributed by atoms with E-state index >= 15 is 0 Å². The number of rotatable bonds is 4. The van der Waals surface area contributed by atoms with Crippen LogP contribution in [0.15, 0.2) is 0 Å². The number of hydrogen-bond donors (Lipinski definition) is 1. The zero-order valence-electron chi connectivity index (χ0n) is 10.5. The van der Waals surface area contributed by atoms with Crippen LogP contribution in [0.4, 0.5) is 0 Å². The molecule has 1 saturated carbocycles. The molecule has 0 spiro atoms. The van der Waals surface area contributed by atoms with Crippen molar-refractivity contribution in [2.24, 2.45) is 17.8 Å². The second kappa shape index (κ2) is 4.68. The van der Waals surface area contributed by atoms with Gasteiger partial charge in [-0.15, -0.1) is 0 Å². The van der Waals surface area contributed by atoms with Crippen molar-refractivity contribution in [1.29, 1.82) is 0 Å². The van der Waals surface area contributed by atoms with E-state index in [1.165, 1.54) is 7.11 Å².